The van der Waals surface area contributed by atoms with Crippen LogP contribution in [0.25, 0.3) is 0 Å². The van der Waals surface area contributed by atoms with E-state index in [9.17, 15) is 25.2 Å². The molecule has 1 aromatic carbocycles. The van der Waals surface area contributed by atoms with Crippen LogP contribution in [0.15, 0.2) is 30.3 Å². The standard InChI is InChI=1S/C9H12N2.F6P/c1-10-9(11-2)8-6-4-3-5-7-8;1-7(2,3,4,5)6/h3-7H,1-2H3,(H,10,11);/q;-1/p+1. The van der Waals surface area contributed by atoms with Gasteiger partial charge in [-0.25, -0.2) is 0 Å². The Kier molecular flexibility index (Phi) is 4.42. The fourth-order valence-corrected chi connectivity index (χ4v) is 1.02. The summed E-state index contributed by atoms with van der Waals surface area (Å²) >= 11 is 0. The van der Waals surface area contributed by atoms with Gasteiger partial charge in [0.25, 0.3) is 5.84 Å². The van der Waals surface area contributed by atoms with E-state index in [0.29, 0.717) is 0 Å². The number of amidine groups is 1. The second kappa shape index (κ2) is 4.76. The van der Waals surface area contributed by atoms with Crippen molar-refractivity contribution in [1.82, 2.24) is 5.32 Å². The first-order valence-corrected chi connectivity index (χ1v) is 6.70. The average Bonchev–Trinajstić information content (AvgIpc) is 2.16. The van der Waals surface area contributed by atoms with Crippen LogP contribution in [0, 0.1) is 0 Å². The number of benzene rings is 1. The summed E-state index contributed by atoms with van der Waals surface area (Å²) in [6, 6.07) is 10.2. The Morgan fingerprint density at radius 1 is 1.00 bits per heavy atom. The molecule has 0 saturated heterocycles. The molecule has 0 spiro atoms. The SMILES string of the molecule is CNC(=[NH+]C)c1ccccc1.F[P-](F)(F)(F)(F)F. The zero-order chi connectivity index (χ0) is 14.5. The van der Waals surface area contributed by atoms with Crippen LogP contribution < -0.4 is 10.3 Å². The van der Waals surface area contributed by atoms with Gasteiger partial charge in [-0.05, 0) is 12.1 Å². The molecule has 0 heterocycles. The Morgan fingerprint density at radius 3 is 1.67 bits per heavy atom. The van der Waals surface area contributed by atoms with Crippen molar-refractivity contribution in [2.45, 2.75) is 0 Å². The number of rotatable bonds is 1. The third kappa shape index (κ3) is 12.8. The molecule has 0 aromatic heterocycles. The van der Waals surface area contributed by atoms with E-state index in [4.69, 9.17) is 0 Å². The van der Waals surface area contributed by atoms with E-state index in [1.54, 1.807) is 0 Å². The van der Waals surface area contributed by atoms with Gasteiger partial charge in [-0.15, -0.1) is 0 Å². The molecule has 0 unspecified atom stereocenters. The molecule has 0 amide bonds. The normalized spacial score (nSPS) is 15.9. The van der Waals surface area contributed by atoms with Crippen molar-refractivity contribution in [1.29, 1.82) is 0 Å². The van der Waals surface area contributed by atoms with Gasteiger partial charge in [0.2, 0.25) is 0 Å². The monoisotopic (exact) mass is 294 g/mol. The molecule has 2 nitrogen and oxygen atoms in total. The van der Waals surface area contributed by atoms with E-state index in [1.165, 1.54) is 5.56 Å². The quantitative estimate of drug-likeness (QED) is 0.354. The van der Waals surface area contributed by atoms with Crippen LogP contribution in [0.3, 0.4) is 0 Å². The van der Waals surface area contributed by atoms with Crippen LogP contribution in [-0.4, -0.2) is 19.9 Å². The fraction of sp³-hybridized carbons (Fsp3) is 0.222. The second-order valence-electron chi connectivity index (χ2n) is 3.20. The molecule has 2 N–H and O–H groups in total. The summed E-state index contributed by atoms with van der Waals surface area (Å²) in [6.45, 7) is 0. The summed E-state index contributed by atoms with van der Waals surface area (Å²) in [6.07, 6.45) is 0. The van der Waals surface area contributed by atoms with Crippen molar-refractivity contribution >= 4 is 13.6 Å². The van der Waals surface area contributed by atoms with Gasteiger partial charge < -0.3 is 0 Å². The molecule has 0 radical (unpaired) electrons. The van der Waals surface area contributed by atoms with Crippen molar-refractivity contribution in [2.75, 3.05) is 14.1 Å². The van der Waals surface area contributed by atoms with E-state index in [-0.39, 0.29) is 0 Å². The molecule has 0 bridgehead atoms. The van der Waals surface area contributed by atoms with Gasteiger partial charge in [0.15, 0.2) is 0 Å². The summed E-state index contributed by atoms with van der Waals surface area (Å²) in [5.41, 5.74) is 1.18. The molecule has 0 aliphatic heterocycles. The molecule has 106 valence electrons. The number of hydrogen-bond donors (Lipinski definition) is 2. The van der Waals surface area contributed by atoms with Crippen LogP contribution in [0.5, 0.6) is 0 Å². The van der Waals surface area contributed by atoms with E-state index in [1.807, 2.05) is 32.3 Å². The topological polar surface area (TPSA) is 26.0 Å². The number of nitrogens with one attached hydrogen (secondary N) is 2. The Labute approximate surface area is 100.0 Å². The van der Waals surface area contributed by atoms with Crippen LogP contribution >= 0.6 is 7.81 Å². The molecule has 0 atom stereocenters. The summed E-state index contributed by atoms with van der Waals surface area (Å²) in [5, 5.41) is 3.07. The van der Waals surface area contributed by atoms with Gasteiger partial charge in [-0.3, -0.25) is 10.3 Å². The van der Waals surface area contributed by atoms with E-state index >= 15 is 0 Å². The van der Waals surface area contributed by atoms with E-state index in [2.05, 4.69) is 22.4 Å². The van der Waals surface area contributed by atoms with Crippen LogP contribution in [0.2, 0.25) is 0 Å². The minimum absolute atomic E-state index is 1.05. The predicted octanol–water partition coefficient (Wildman–Crippen LogP) is 2.75. The molecule has 0 aliphatic rings. The fourth-order valence-electron chi connectivity index (χ4n) is 1.02. The zero-order valence-electron chi connectivity index (χ0n) is 9.60. The van der Waals surface area contributed by atoms with Gasteiger partial charge in [-0.2, -0.15) is 0 Å². The molecular formula is C9H13F6N2P. The van der Waals surface area contributed by atoms with Crippen LogP contribution in [-0.2, 0) is 0 Å². The zero-order valence-corrected chi connectivity index (χ0v) is 10.5. The summed E-state index contributed by atoms with van der Waals surface area (Å²) < 4.78 is 59.2. The molecule has 0 aliphatic carbocycles. The molecule has 1 rings (SSSR count). The first-order chi connectivity index (χ1) is 7.83. The van der Waals surface area contributed by atoms with E-state index < -0.39 is 7.81 Å². The molecular weight excluding hydrogens is 281 g/mol. The average molecular weight is 294 g/mol. The Morgan fingerprint density at radius 2 is 1.39 bits per heavy atom. The van der Waals surface area contributed by atoms with Gasteiger partial charge in [0.1, 0.15) is 0 Å². The maximum absolute atomic E-state index is 10.7. The van der Waals surface area contributed by atoms with Crippen molar-refractivity contribution in [3.8, 4) is 0 Å². The maximum atomic E-state index is 9.87. The Balaban J connectivity index is 0.000000360. The third-order valence-electron chi connectivity index (χ3n) is 1.56. The van der Waals surface area contributed by atoms with Crippen molar-refractivity contribution in [2.24, 2.45) is 0 Å². The molecule has 0 saturated carbocycles. The van der Waals surface area contributed by atoms with Crippen molar-refractivity contribution < 1.29 is 30.2 Å². The van der Waals surface area contributed by atoms with Gasteiger partial charge >= 0.3 is 33.0 Å². The van der Waals surface area contributed by atoms with Gasteiger partial charge in [-0.1, -0.05) is 18.2 Å². The van der Waals surface area contributed by atoms with Crippen LogP contribution in [0.4, 0.5) is 25.2 Å². The molecule has 0 fully saturated rings. The molecule has 1 aromatic rings. The first-order valence-electron chi connectivity index (χ1n) is 4.67. The molecule has 18 heavy (non-hydrogen) atoms. The minimum atomic E-state index is -10.7. The van der Waals surface area contributed by atoms with Gasteiger partial charge in [0, 0.05) is 0 Å². The Hall–Kier alpha value is -1.30. The summed E-state index contributed by atoms with van der Waals surface area (Å²) in [7, 11) is -6.85. The molecule has 9 heteroatoms. The summed E-state index contributed by atoms with van der Waals surface area (Å²) in [4.78, 5) is 3.07. The number of hydrogen-bond acceptors (Lipinski definition) is 0. The van der Waals surface area contributed by atoms with Gasteiger partial charge in [0.05, 0.1) is 19.7 Å². The Bertz CT molecular complexity index is 399. The van der Waals surface area contributed by atoms with E-state index in [0.717, 1.165) is 5.84 Å². The van der Waals surface area contributed by atoms with Crippen molar-refractivity contribution in [3.63, 3.8) is 0 Å². The van der Waals surface area contributed by atoms with Crippen molar-refractivity contribution in [3.05, 3.63) is 35.9 Å². The second-order valence-corrected chi connectivity index (χ2v) is 5.12. The number of halogens is 6. The summed E-state index contributed by atoms with van der Waals surface area (Å²) in [5.74, 6) is 1.05. The van der Waals surface area contributed by atoms with Crippen LogP contribution in [0.1, 0.15) is 5.56 Å². The third-order valence-corrected chi connectivity index (χ3v) is 1.56. The predicted molar refractivity (Wildman–Crippen MR) is 60.1 cm³/mol. The first kappa shape index (κ1) is 16.7.